The van der Waals surface area contributed by atoms with Crippen molar-refractivity contribution in [2.24, 2.45) is 0 Å². The Labute approximate surface area is 156 Å². The highest BCUT2D eigenvalue weighted by atomic mass is 32.1. The number of thiophene rings is 1. The van der Waals surface area contributed by atoms with Gasteiger partial charge in [0.25, 0.3) is 0 Å². The standard InChI is InChI=1S/C18H20N4OS2/c1-23-17-7-3-2-6-16(17)21-12-19-22(18(21)24)13-20(14-8-9-14)11-15-5-4-10-25-15/h2-7,10,12,14H,8-9,11,13H2,1H3. The fourth-order valence-corrected chi connectivity index (χ4v) is 3.92. The maximum absolute atomic E-state index is 5.67. The summed E-state index contributed by atoms with van der Waals surface area (Å²) in [5.74, 6) is 0.788. The number of hydrogen-bond donors (Lipinski definition) is 0. The van der Waals surface area contributed by atoms with E-state index in [1.54, 1.807) is 24.8 Å². The fraction of sp³-hybridized carbons (Fsp3) is 0.333. The lowest BCUT2D eigenvalue weighted by Gasteiger charge is -2.20. The number of benzene rings is 1. The zero-order valence-electron chi connectivity index (χ0n) is 14.0. The lowest BCUT2D eigenvalue weighted by Crippen LogP contribution is -2.28. The van der Waals surface area contributed by atoms with E-state index in [0.29, 0.717) is 17.5 Å². The van der Waals surface area contributed by atoms with E-state index in [9.17, 15) is 0 Å². The Balaban J connectivity index is 1.59. The van der Waals surface area contributed by atoms with Crippen LogP contribution in [0.15, 0.2) is 48.1 Å². The number of aromatic nitrogens is 3. The van der Waals surface area contributed by atoms with Crippen molar-refractivity contribution in [1.82, 2.24) is 19.2 Å². The maximum Gasteiger partial charge on any atom is 0.203 e. The van der Waals surface area contributed by atoms with E-state index in [1.165, 1.54) is 17.7 Å². The molecule has 0 radical (unpaired) electrons. The number of methoxy groups -OCH3 is 1. The molecular formula is C18H20N4OS2. The third-order valence-electron chi connectivity index (χ3n) is 4.40. The molecule has 0 spiro atoms. The lowest BCUT2D eigenvalue weighted by molar-refractivity contribution is 0.188. The van der Waals surface area contributed by atoms with Gasteiger partial charge in [0.05, 0.1) is 19.5 Å². The first-order valence-electron chi connectivity index (χ1n) is 8.30. The summed E-state index contributed by atoms with van der Waals surface area (Å²) in [5, 5.41) is 6.66. The minimum absolute atomic E-state index is 0.639. The lowest BCUT2D eigenvalue weighted by atomic mass is 10.3. The highest BCUT2D eigenvalue weighted by molar-refractivity contribution is 7.71. The van der Waals surface area contributed by atoms with E-state index in [2.05, 4.69) is 27.5 Å². The van der Waals surface area contributed by atoms with E-state index < -0.39 is 0 Å². The quantitative estimate of drug-likeness (QED) is 0.585. The Morgan fingerprint density at radius 3 is 2.84 bits per heavy atom. The molecule has 0 bridgehead atoms. The first-order valence-corrected chi connectivity index (χ1v) is 9.59. The Hall–Kier alpha value is -1.96. The molecule has 1 saturated carbocycles. The van der Waals surface area contributed by atoms with Crippen molar-refractivity contribution in [2.75, 3.05) is 7.11 Å². The second-order valence-electron chi connectivity index (χ2n) is 6.15. The first kappa shape index (κ1) is 16.5. The SMILES string of the molecule is COc1ccccc1-n1cnn(CN(Cc2cccs2)C2CC2)c1=S. The van der Waals surface area contributed by atoms with Crippen molar-refractivity contribution < 1.29 is 4.74 Å². The minimum Gasteiger partial charge on any atom is -0.495 e. The molecule has 2 aromatic heterocycles. The van der Waals surface area contributed by atoms with Gasteiger partial charge in [0, 0.05) is 17.5 Å². The third-order valence-corrected chi connectivity index (χ3v) is 5.66. The summed E-state index contributed by atoms with van der Waals surface area (Å²) in [6, 6.07) is 12.8. The van der Waals surface area contributed by atoms with Crippen LogP contribution in [0.25, 0.3) is 5.69 Å². The number of nitrogens with zero attached hydrogens (tertiary/aromatic N) is 4. The molecule has 3 aromatic rings. The van der Waals surface area contributed by atoms with Crippen LogP contribution in [0.3, 0.4) is 0 Å². The van der Waals surface area contributed by atoms with Crippen LogP contribution in [0, 0.1) is 4.77 Å². The van der Waals surface area contributed by atoms with Gasteiger partial charge in [-0.25, -0.2) is 4.68 Å². The summed E-state index contributed by atoms with van der Waals surface area (Å²) < 4.78 is 9.94. The Kier molecular flexibility index (Phi) is 4.70. The monoisotopic (exact) mass is 372 g/mol. The molecule has 1 fully saturated rings. The molecule has 4 rings (SSSR count). The van der Waals surface area contributed by atoms with Gasteiger partial charge in [-0.15, -0.1) is 11.3 Å². The van der Waals surface area contributed by atoms with Crippen molar-refractivity contribution in [1.29, 1.82) is 0 Å². The van der Waals surface area contributed by atoms with Gasteiger partial charge in [-0.3, -0.25) is 9.47 Å². The fourth-order valence-electron chi connectivity index (χ4n) is 2.94. The third kappa shape index (κ3) is 3.53. The minimum atomic E-state index is 0.639. The molecule has 7 heteroatoms. The molecule has 0 unspecified atom stereocenters. The molecule has 0 atom stereocenters. The zero-order chi connectivity index (χ0) is 17.2. The van der Waals surface area contributed by atoms with Gasteiger partial charge in [-0.05, 0) is 48.6 Å². The predicted octanol–water partition coefficient (Wildman–Crippen LogP) is 4.10. The van der Waals surface area contributed by atoms with Crippen LogP contribution >= 0.6 is 23.6 Å². The smallest absolute Gasteiger partial charge is 0.203 e. The van der Waals surface area contributed by atoms with Crippen molar-refractivity contribution >= 4 is 23.6 Å². The van der Waals surface area contributed by atoms with Crippen molar-refractivity contribution in [3.63, 3.8) is 0 Å². The molecule has 130 valence electrons. The molecule has 1 aromatic carbocycles. The van der Waals surface area contributed by atoms with Gasteiger partial charge in [0.15, 0.2) is 0 Å². The van der Waals surface area contributed by atoms with Crippen LogP contribution in [0.2, 0.25) is 0 Å². The van der Waals surface area contributed by atoms with Crippen molar-refractivity contribution in [3.05, 3.63) is 57.8 Å². The van der Waals surface area contributed by atoms with Crippen molar-refractivity contribution in [3.8, 4) is 11.4 Å². The highest BCUT2D eigenvalue weighted by Gasteiger charge is 2.29. The molecule has 0 amide bonds. The number of para-hydroxylation sites is 2. The molecule has 0 saturated heterocycles. The molecular weight excluding hydrogens is 352 g/mol. The average molecular weight is 373 g/mol. The predicted molar refractivity (Wildman–Crippen MR) is 102 cm³/mol. The van der Waals surface area contributed by atoms with E-state index >= 15 is 0 Å². The van der Waals surface area contributed by atoms with Crippen LogP contribution in [-0.2, 0) is 13.2 Å². The van der Waals surface area contributed by atoms with Gasteiger partial charge in [0.2, 0.25) is 4.77 Å². The highest BCUT2D eigenvalue weighted by Crippen LogP contribution is 2.30. The number of ether oxygens (including phenoxy) is 1. The van der Waals surface area contributed by atoms with Gasteiger partial charge < -0.3 is 4.74 Å². The summed E-state index contributed by atoms with van der Waals surface area (Å²) in [6.07, 6.45) is 4.29. The summed E-state index contributed by atoms with van der Waals surface area (Å²) in [7, 11) is 1.67. The summed E-state index contributed by atoms with van der Waals surface area (Å²) in [5.41, 5.74) is 0.914. The molecule has 0 N–H and O–H groups in total. The van der Waals surface area contributed by atoms with Crippen LogP contribution in [0.5, 0.6) is 5.75 Å². The van der Waals surface area contributed by atoms with E-state index in [-0.39, 0.29) is 0 Å². The second-order valence-corrected chi connectivity index (χ2v) is 7.55. The Bertz CT molecular complexity index is 896. The summed E-state index contributed by atoms with van der Waals surface area (Å²) >= 11 is 7.47. The van der Waals surface area contributed by atoms with Crippen LogP contribution < -0.4 is 4.74 Å². The van der Waals surface area contributed by atoms with Gasteiger partial charge in [0.1, 0.15) is 12.1 Å². The molecule has 5 nitrogen and oxygen atoms in total. The Morgan fingerprint density at radius 1 is 1.28 bits per heavy atom. The normalized spacial score (nSPS) is 14.2. The number of hydrogen-bond acceptors (Lipinski definition) is 5. The second kappa shape index (κ2) is 7.11. The van der Waals surface area contributed by atoms with Crippen LogP contribution in [-0.4, -0.2) is 32.4 Å². The summed E-state index contributed by atoms with van der Waals surface area (Å²) in [4.78, 5) is 3.84. The van der Waals surface area contributed by atoms with Crippen molar-refractivity contribution in [2.45, 2.75) is 32.1 Å². The molecule has 0 aliphatic heterocycles. The molecule has 25 heavy (non-hydrogen) atoms. The number of rotatable bonds is 7. The molecule has 1 aliphatic carbocycles. The Morgan fingerprint density at radius 2 is 2.12 bits per heavy atom. The topological polar surface area (TPSA) is 35.2 Å². The van der Waals surface area contributed by atoms with Crippen LogP contribution in [0.4, 0.5) is 0 Å². The first-order chi connectivity index (χ1) is 12.3. The van der Waals surface area contributed by atoms with Gasteiger partial charge >= 0.3 is 0 Å². The average Bonchev–Trinajstić information content (AvgIpc) is 3.25. The van der Waals surface area contributed by atoms with E-state index in [4.69, 9.17) is 17.0 Å². The largest absolute Gasteiger partial charge is 0.495 e. The molecule has 2 heterocycles. The zero-order valence-corrected chi connectivity index (χ0v) is 15.7. The van der Waals surface area contributed by atoms with E-state index in [1.807, 2.05) is 33.5 Å². The molecule has 1 aliphatic rings. The van der Waals surface area contributed by atoms with E-state index in [0.717, 1.165) is 18.0 Å². The summed E-state index contributed by atoms with van der Waals surface area (Å²) in [6.45, 7) is 1.66. The van der Waals surface area contributed by atoms with Gasteiger partial charge in [-0.2, -0.15) is 5.10 Å². The van der Waals surface area contributed by atoms with Crippen LogP contribution in [0.1, 0.15) is 17.7 Å². The van der Waals surface area contributed by atoms with Gasteiger partial charge in [-0.1, -0.05) is 18.2 Å². The maximum atomic E-state index is 5.67.